The molecule has 4 aromatic rings. The average Bonchev–Trinajstić information content (AvgIpc) is 3.16. The van der Waals surface area contributed by atoms with E-state index in [1.54, 1.807) is 17.8 Å². The van der Waals surface area contributed by atoms with E-state index in [-0.39, 0.29) is 17.2 Å². The van der Waals surface area contributed by atoms with Crippen LogP contribution in [-0.2, 0) is 0 Å². The summed E-state index contributed by atoms with van der Waals surface area (Å²) in [6.45, 7) is 1.58. The fourth-order valence-corrected chi connectivity index (χ4v) is 2.76. The van der Waals surface area contributed by atoms with E-state index in [2.05, 4.69) is 25.7 Å². The van der Waals surface area contributed by atoms with Crippen LogP contribution in [0.3, 0.4) is 0 Å². The molecule has 29 heavy (non-hydrogen) atoms. The molecule has 8 nitrogen and oxygen atoms in total. The zero-order chi connectivity index (χ0) is 20.2. The molecule has 144 valence electrons. The Morgan fingerprint density at radius 2 is 1.86 bits per heavy atom. The van der Waals surface area contributed by atoms with Crippen LogP contribution < -0.4 is 11.0 Å². The number of aromatic amines is 1. The predicted molar refractivity (Wildman–Crippen MR) is 113 cm³/mol. The number of hydrazone groups is 1. The number of nitrogens with zero attached hydrogens (tertiary/aromatic N) is 5. The van der Waals surface area contributed by atoms with E-state index in [1.807, 2.05) is 60.8 Å². The van der Waals surface area contributed by atoms with E-state index in [0.717, 1.165) is 22.5 Å². The lowest BCUT2D eigenvalue weighted by atomic mass is 10.1. The maximum absolute atomic E-state index is 11.6. The number of benzene rings is 2. The summed E-state index contributed by atoms with van der Waals surface area (Å²) >= 11 is 6.01. The number of anilines is 1. The number of hydrogen-bond donors (Lipinski definition) is 2. The third-order valence-electron chi connectivity index (χ3n) is 4.12. The van der Waals surface area contributed by atoms with Gasteiger partial charge in [0, 0.05) is 22.3 Å². The van der Waals surface area contributed by atoms with Crippen molar-refractivity contribution in [2.24, 2.45) is 5.10 Å². The van der Waals surface area contributed by atoms with Crippen LogP contribution in [0, 0.1) is 6.92 Å². The topological polar surface area (TPSA) is 101 Å². The minimum Gasteiger partial charge on any atom is -0.288 e. The van der Waals surface area contributed by atoms with E-state index < -0.39 is 0 Å². The second-order valence-corrected chi connectivity index (χ2v) is 6.61. The predicted octanol–water partition coefficient (Wildman–Crippen LogP) is 3.43. The lowest BCUT2D eigenvalue weighted by Gasteiger charge is -2.01. The molecule has 9 heteroatoms. The summed E-state index contributed by atoms with van der Waals surface area (Å²) in [6.07, 6.45) is 3.48. The fraction of sp³-hybridized carbons (Fsp3) is 0.0500. The molecule has 0 aliphatic carbocycles. The van der Waals surface area contributed by atoms with Crippen LogP contribution in [-0.4, -0.2) is 31.2 Å². The van der Waals surface area contributed by atoms with E-state index in [1.165, 1.54) is 0 Å². The number of rotatable bonds is 5. The summed E-state index contributed by atoms with van der Waals surface area (Å²) in [5.41, 5.74) is 5.97. The quantitative estimate of drug-likeness (QED) is 0.391. The Morgan fingerprint density at radius 1 is 1.10 bits per heavy atom. The van der Waals surface area contributed by atoms with Crippen LogP contribution in [0.1, 0.15) is 11.3 Å². The smallest absolute Gasteiger partial charge is 0.274 e. The van der Waals surface area contributed by atoms with Crippen molar-refractivity contribution in [3.05, 3.63) is 87.4 Å². The van der Waals surface area contributed by atoms with Gasteiger partial charge >= 0.3 is 0 Å². The van der Waals surface area contributed by atoms with Crippen LogP contribution >= 0.6 is 11.6 Å². The van der Waals surface area contributed by atoms with E-state index in [4.69, 9.17) is 16.7 Å². The Bertz CT molecular complexity index is 1210. The van der Waals surface area contributed by atoms with Crippen LogP contribution in [0.15, 0.2) is 70.7 Å². The maximum Gasteiger partial charge on any atom is 0.274 e. The molecule has 2 aromatic heterocycles. The van der Waals surface area contributed by atoms with Gasteiger partial charge < -0.3 is 0 Å². The number of hydrogen-bond acceptors (Lipinski definition) is 6. The number of nitrogens with one attached hydrogen (secondary N) is 2. The third kappa shape index (κ3) is 4.22. The van der Waals surface area contributed by atoms with Crippen LogP contribution in [0.2, 0.25) is 5.02 Å². The van der Waals surface area contributed by atoms with Crippen LogP contribution in [0.4, 0.5) is 5.95 Å². The molecule has 0 saturated carbocycles. The van der Waals surface area contributed by atoms with Gasteiger partial charge in [-0.05, 0) is 31.2 Å². The second-order valence-electron chi connectivity index (χ2n) is 6.18. The van der Waals surface area contributed by atoms with E-state index in [0.29, 0.717) is 5.02 Å². The van der Waals surface area contributed by atoms with Gasteiger partial charge in [0.1, 0.15) is 11.4 Å². The van der Waals surface area contributed by atoms with Gasteiger partial charge in [-0.3, -0.25) is 9.78 Å². The summed E-state index contributed by atoms with van der Waals surface area (Å²) in [5, 5.41) is 17.1. The number of H-pyrrole nitrogens is 1. The number of halogens is 1. The maximum atomic E-state index is 11.6. The Hall–Kier alpha value is -3.78. The average molecular weight is 406 g/mol. The van der Waals surface area contributed by atoms with Gasteiger partial charge in [0.05, 0.1) is 11.9 Å². The molecule has 0 amide bonds. The molecule has 0 radical (unpaired) electrons. The second kappa shape index (κ2) is 8.07. The Balaban J connectivity index is 1.68. The highest BCUT2D eigenvalue weighted by atomic mass is 35.5. The van der Waals surface area contributed by atoms with Crippen molar-refractivity contribution in [1.29, 1.82) is 0 Å². The molecular formula is C20H16ClN7O. The van der Waals surface area contributed by atoms with Crippen molar-refractivity contribution >= 4 is 23.8 Å². The molecule has 0 saturated heterocycles. The molecule has 2 heterocycles. The van der Waals surface area contributed by atoms with Crippen molar-refractivity contribution in [2.45, 2.75) is 6.92 Å². The number of para-hydroxylation sites is 1. The van der Waals surface area contributed by atoms with E-state index >= 15 is 0 Å². The van der Waals surface area contributed by atoms with Crippen molar-refractivity contribution in [2.75, 3.05) is 5.43 Å². The molecule has 0 atom stereocenters. The first-order valence-corrected chi connectivity index (χ1v) is 9.11. The summed E-state index contributed by atoms with van der Waals surface area (Å²) < 4.78 is 1.78. The highest BCUT2D eigenvalue weighted by Crippen LogP contribution is 2.24. The molecule has 0 aliphatic rings. The van der Waals surface area contributed by atoms with Crippen LogP contribution in [0.25, 0.3) is 16.9 Å². The highest BCUT2D eigenvalue weighted by Gasteiger charge is 2.11. The Kier molecular flexibility index (Phi) is 5.17. The van der Waals surface area contributed by atoms with E-state index in [9.17, 15) is 4.79 Å². The van der Waals surface area contributed by atoms with Gasteiger partial charge in [-0.1, -0.05) is 41.9 Å². The van der Waals surface area contributed by atoms with Gasteiger partial charge in [-0.2, -0.15) is 10.2 Å². The number of aromatic nitrogens is 5. The molecule has 0 unspecified atom stereocenters. The van der Waals surface area contributed by atoms with Crippen molar-refractivity contribution in [3.8, 4) is 16.9 Å². The first-order chi connectivity index (χ1) is 14.1. The monoisotopic (exact) mass is 405 g/mol. The van der Waals surface area contributed by atoms with Crippen molar-refractivity contribution < 1.29 is 0 Å². The molecule has 4 rings (SSSR count). The van der Waals surface area contributed by atoms with Gasteiger partial charge in [0.2, 0.25) is 5.95 Å². The standard InChI is InChI=1S/C20H16ClN7O/c1-13-19(29)23-20(26-24-13)25-22-11-15-12-28(17-5-3-2-4-6-17)27-18(15)14-7-9-16(21)10-8-14/h2-12H,1H3,(H2,23,25,26,29)/b22-11-. The SMILES string of the molecule is Cc1nnc(N/N=C\c2cn(-c3ccccc3)nc2-c2ccc(Cl)cc2)[nH]c1=O. The summed E-state index contributed by atoms with van der Waals surface area (Å²) in [5.74, 6) is 0.153. The zero-order valence-electron chi connectivity index (χ0n) is 15.4. The molecule has 2 N–H and O–H groups in total. The van der Waals surface area contributed by atoms with Crippen molar-refractivity contribution in [1.82, 2.24) is 25.0 Å². The Morgan fingerprint density at radius 3 is 2.59 bits per heavy atom. The largest absolute Gasteiger partial charge is 0.288 e. The van der Waals surface area contributed by atoms with Gasteiger partial charge in [-0.25, -0.2) is 10.1 Å². The first kappa shape index (κ1) is 18.6. The minimum absolute atomic E-state index is 0.153. The van der Waals surface area contributed by atoms with Gasteiger partial charge in [-0.15, -0.1) is 10.2 Å². The van der Waals surface area contributed by atoms with Crippen molar-refractivity contribution in [3.63, 3.8) is 0 Å². The lowest BCUT2D eigenvalue weighted by molar-refractivity contribution is 0.884. The van der Waals surface area contributed by atoms with Crippen LogP contribution in [0.5, 0.6) is 0 Å². The lowest BCUT2D eigenvalue weighted by Crippen LogP contribution is -2.15. The molecule has 0 spiro atoms. The molecule has 0 bridgehead atoms. The molecule has 0 aliphatic heterocycles. The molecule has 0 fully saturated rings. The van der Waals surface area contributed by atoms with Gasteiger partial charge in [0.15, 0.2) is 0 Å². The summed E-state index contributed by atoms with van der Waals surface area (Å²) in [7, 11) is 0. The minimum atomic E-state index is -0.323. The Labute approximate surface area is 170 Å². The highest BCUT2D eigenvalue weighted by molar-refractivity contribution is 6.30. The third-order valence-corrected chi connectivity index (χ3v) is 4.37. The summed E-state index contributed by atoms with van der Waals surface area (Å²) in [4.78, 5) is 14.2. The summed E-state index contributed by atoms with van der Waals surface area (Å²) in [6, 6.07) is 17.2. The normalized spacial score (nSPS) is 11.1. The first-order valence-electron chi connectivity index (χ1n) is 8.74. The molecular weight excluding hydrogens is 390 g/mol. The van der Waals surface area contributed by atoms with Gasteiger partial charge in [0.25, 0.3) is 5.56 Å². The number of aryl methyl sites for hydroxylation is 1. The fourth-order valence-electron chi connectivity index (χ4n) is 2.63. The molecule has 2 aromatic carbocycles. The zero-order valence-corrected chi connectivity index (χ0v) is 16.1.